The average Bonchev–Trinajstić information content (AvgIpc) is 2.58. The molecule has 0 saturated heterocycles. The number of nitrogens with two attached hydrogens (primary N) is 2. The lowest BCUT2D eigenvalue weighted by Crippen LogP contribution is -2.22. The Kier molecular flexibility index (Phi) is 2.78. The molecule has 88 valence electrons. The summed E-state index contributed by atoms with van der Waals surface area (Å²) in [6.07, 6.45) is 3.60. The second kappa shape index (κ2) is 4.25. The van der Waals surface area contributed by atoms with Crippen molar-refractivity contribution in [3.63, 3.8) is 0 Å². The minimum absolute atomic E-state index is 0.0520. The number of rotatable bonds is 2. The average molecular weight is 231 g/mol. The van der Waals surface area contributed by atoms with Gasteiger partial charge in [-0.3, -0.25) is 0 Å². The molecule has 0 aromatic carbocycles. The fourth-order valence-corrected chi connectivity index (χ4v) is 1.68. The van der Waals surface area contributed by atoms with Crippen LogP contribution in [0.5, 0.6) is 0 Å². The predicted molar refractivity (Wildman–Crippen MR) is 66.7 cm³/mol. The summed E-state index contributed by atoms with van der Waals surface area (Å²) in [5.41, 5.74) is 13.5. The fourth-order valence-electron chi connectivity index (χ4n) is 1.68. The van der Waals surface area contributed by atoms with Crippen molar-refractivity contribution in [1.82, 2.24) is 4.57 Å². The Bertz CT molecular complexity index is 604. The van der Waals surface area contributed by atoms with E-state index in [1.165, 1.54) is 0 Å². The van der Waals surface area contributed by atoms with Crippen molar-refractivity contribution < 1.29 is 4.40 Å². The van der Waals surface area contributed by atoms with Crippen LogP contribution in [0, 0.1) is 6.92 Å². The third-order valence-corrected chi connectivity index (χ3v) is 2.57. The van der Waals surface area contributed by atoms with Gasteiger partial charge < -0.3 is 11.5 Å². The van der Waals surface area contributed by atoms with Gasteiger partial charge in [0.05, 0.1) is 7.05 Å². The summed E-state index contributed by atoms with van der Waals surface area (Å²) in [6, 6.07) is 6.09. The summed E-state index contributed by atoms with van der Waals surface area (Å²) in [5.74, 6) is -0.0520. The van der Waals surface area contributed by atoms with Gasteiger partial charge in [-0.25, -0.2) is 4.57 Å². The second-order valence-corrected chi connectivity index (χ2v) is 3.78. The Morgan fingerprint density at radius 3 is 2.82 bits per heavy atom. The normalized spacial score (nSPS) is 11.2. The van der Waals surface area contributed by atoms with Gasteiger partial charge in [-0.05, 0) is 13.0 Å². The van der Waals surface area contributed by atoms with Gasteiger partial charge in [0.1, 0.15) is 18.1 Å². The van der Waals surface area contributed by atoms with Crippen LogP contribution in [-0.4, -0.2) is 16.7 Å². The van der Waals surface area contributed by atoms with E-state index >= 15 is 0 Å². The Morgan fingerprint density at radius 2 is 2.18 bits per heavy atom. The van der Waals surface area contributed by atoms with Crippen LogP contribution in [0.4, 0.5) is 0 Å². The summed E-state index contributed by atoms with van der Waals surface area (Å²) < 4.78 is 4.09. The fraction of sp³-hybridized carbons (Fsp3) is 0.182. The van der Waals surface area contributed by atoms with Gasteiger partial charge in [0.15, 0.2) is 5.69 Å². The number of fused-ring (bicyclic) bond motifs is 1. The molecule has 0 aliphatic carbocycles. The molecule has 2 aromatic rings. The van der Waals surface area contributed by atoms with Crippen LogP contribution in [0.1, 0.15) is 11.4 Å². The van der Waals surface area contributed by atoms with E-state index in [0.717, 1.165) is 17.0 Å². The Morgan fingerprint density at radius 1 is 1.41 bits per heavy atom. The van der Waals surface area contributed by atoms with Crippen molar-refractivity contribution in [2.75, 3.05) is 0 Å². The summed E-state index contributed by atoms with van der Waals surface area (Å²) in [6.45, 7) is 2.05. The van der Waals surface area contributed by atoms with Crippen molar-refractivity contribution in [2.24, 2.45) is 28.7 Å². The second-order valence-electron chi connectivity index (χ2n) is 3.78. The number of aryl methyl sites for hydroxylation is 2. The quantitative estimate of drug-likeness (QED) is 0.321. The van der Waals surface area contributed by atoms with Gasteiger partial charge in [-0.15, -0.1) is 5.10 Å². The third kappa shape index (κ3) is 2.10. The van der Waals surface area contributed by atoms with E-state index in [0.29, 0.717) is 0 Å². The minimum atomic E-state index is -0.0520. The highest BCUT2D eigenvalue weighted by molar-refractivity contribution is 5.80. The summed E-state index contributed by atoms with van der Waals surface area (Å²) in [5, 5.41) is 7.38. The summed E-state index contributed by atoms with van der Waals surface area (Å²) >= 11 is 0. The van der Waals surface area contributed by atoms with Crippen LogP contribution in [0.15, 0.2) is 34.6 Å². The number of hydrogen-bond donors (Lipinski definition) is 2. The topological polar surface area (TPSA) is 85.8 Å². The molecule has 0 bridgehead atoms. The monoisotopic (exact) mass is 231 g/mol. The molecule has 2 aromatic heterocycles. The molecule has 6 nitrogen and oxygen atoms in total. The van der Waals surface area contributed by atoms with Gasteiger partial charge >= 0.3 is 0 Å². The summed E-state index contributed by atoms with van der Waals surface area (Å²) in [4.78, 5) is 0. The highest BCUT2D eigenvalue weighted by Crippen LogP contribution is 2.03. The molecule has 0 aliphatic rings. The number of guanidine groups is 1. The van der Waals surface area contributed by atoms with E-state index in [-0.39, 0.29) is 5.96 Å². The molecule has 4 N–H and O–H groups in total. The van der Waals surface area contributed by atoms with Crippen LogP contribution >= 0.6 is 0 Å². The molecule has 0 radical (unpaired) electrons. The van der Waals surface area contributed by atoms with Crippen LogP contribution in [0.3, 0.4) is 0 Å². The maximum atomic E-state index is 5.20. The maximum Gasteiger partial charge on any atom is 0.286 e. The zero-order valence-corrected chi connectivity index (χ0v) is 9.83. The van der Waals surface area contributed by atoms with Gasteiger partial charge in [0.25, 0.3) is 5.65 Å². The van der Waals surface area contributed by atoms with E-state index in [4.69, 9.17) is 11.5 Å². The van der Waals surface area contributed by atoms with Crippen molar-refractivity contribution in [3.05, 3.63) is 35.8 Å². The van der Waals surface area contributed by atoms with Gasteiger partial charge in [0, 0.05) is 6.07 Å². The highest BCUT2D eigenvalue weighted by atomic mass is 15.3. The predicted octanol–water partition coefficient (Wildman–Crippen LogP) is -0.320. The lowest BCUT2D eigenvalue weighted by atomic mass is 10.4. The summed E-state index contributed by atoms with van der Waals surface area (Å²) in [7, 11) is 1.96. The first-order chi connectivity index (χ1) is 8.09. The molecule has 17 heavy (non-hydrogen) atoms. The minimum Gasteiger partial charge on any atom is -0.369 e. The van der Waals surface area contributed by atoms with Crippen LogP contribution in [0.25, 0.3) is 5.65 Å². The van der Waals surface area contributed by atoms with Crippen LogP contribution in [-0.2, 0) is 7.05 Å². The van der Waals surface area contributed by atoms with E-state index in [2.05, 4.69) is 14.6 Å². The molecule has 0 aliphatic heterocycles. The lowest BCUT2D eigenvalue weighted by molar-refractivity contribution is -0.518. The van der Waals surface area contributed by atoms with E-state index in [9.17, 15) is 0 Å². The van der Waals surface area contributed by atoms with Crippen molar-refractivity contribution in [3.8, 4) is 0 Å². The Hall–Kier alpha value is -2.37. The first-order valence-electron chi connectivity index (χ1n) is 5.18. The van der Waals surface area contributed by atoms with Crippen LogP contribution in [0.2, 0.25) is 0 Å². The SMILES string of the molecule is Cc1cccc2n(C)c(C=NN=C(N)N)c[n+]12. The molecular weight excluding hydrogens is 216 g/mol. The molecule has 0 fully saturated rings. The van der Waals surface area contributed by atoms with Crippen molar-refractivity contribution >= 4 is 17.8 Å². The number of nitrogens with zero attached hydrogens (tertiary/aromatic N) is 4. The smallest absolute Gasteiger partial charge is 0.286 e. The van der Waals surface area contributed by atoms with Crippen LogP contribution < -0.4 is 15.9 Å². The number of pyridine rings is 1. The highest BCUT2D eigenvalue weighted by Gasteiger charge is 2.13. The van der Waals surface area contributed by atoms with Gasteiger partial charge in [0.2, 0.25) is 5.96 Å². The molecule has 0 spiro atoms. The van der Waals surface area contributed by atoms with Crippen molar-refractivity contribution in [2.45, 2.75) is 6.92 Å². The van der Waals surface area contributed by atoms with Crippen molar-refractivity contribution in [1.29, 1.82) is 0 Å². The molecule has 6 heteroatoms. The Balaban J connectivity index is 2.49. The largest absolute Gasteiger partial charge is 0.369 e. The number of imidazole rings is 1. The first-order valence-corrected chi connectivity index (χ1v) is 5.18. The molecular formula is C11H15N6+. The lowest BCUT2D eigenvalue weighted by Gasteiger charge is -1.91. The van der Waals surface area contributed by atoms with Gasteiger partial charge in [-0.1, -0.05) is 6.07 Å². The molecule has 0 amide bonds. The van der Waals surface area contributed by atoms with E-state index in [1.54, 1.807) is 6.21 Å². The molecule has 2 heterocycles. The van der Waals surface area contributed by atoms with E-state index < -0.39 is 0 Å². The number of hydrogen-bond acceptors (Lipinski definition) is 2. The number of aromatic nitrogens is 2. The van der Waals surface area contributed by atoms with E-state index in [1.807, 2.05) is 42.9 Å². The zero-order valence-electron chi connectivity index (χ0n) is 9.83. The molecule has 2 rings (SSSR count). The standard InChI is InChI=1S/C11H15N6/c1-8-4-3-5-10-16(2)9(7-17(8)10)6-14-15-11(12)13/h3-7H,1-2H3,(H4,12,13,15)/q+1. The maximum absolute atomic E-state index is 5.20. The third-order valence-electron chi connectivity index (χ3n) is 2.57. The Labute approximate surface area is 98.9 Å². The zero-order chi connectivity index (χ0) is 12.4. The molecule has 0 atom stereocenters. The van der Waals surface area contributed by atoms with Gasteiger partial charge in [-0.2, -0.15) is 9.50 Å². The molecule has 0 unspecified atom stereocenters. The first kappa shape index (κ1) is 11.1. The molecule has 0 saturated carbocycles.